The summed E-state index contributed by atoms with van der Waals surface area (Å²) in [6.07, 6.45) is 7.74. The minimum absolute atomic E-state index is 1.10. The molecule has 133 heavy (non-hydrogen) atoms. The molecule has 0 heterocycles. The average molecular weight is 1780 g/mol. The molecule has 714 valence electrons. The van der Waals surface area contributed by atoms with Crippen LogP contribution in [0.5, 0.6) is 0 Å². The normalized spacial score (nSPS) is 10.4. The molecule has 7 aliphatic rings. The summed E-state index contributed by atoms with van der Waals surface area (Å²) in [5.74, 6) is 0. The molecule has 14 aromatic rings. The van der Waals surface area contributed by atoms with Gasteiger partial charge in [-0.3, -0.25) is 0 Å². The molecule has 0 saturated carbocycles. The Morgan fingerprint density at radius 1 is 0.128 bits per heavy atom. The Morgan fingerprint density at radius 2 is 0.338 bits per heavy atom. The highest BCUT2D eigenvalue weighted by Crippen LogP contribution is 2.45. The predicted octanol–water partition coefficient (Wildman–Crippen LogP) is 41.5. The monoisotopic (exact) mass is 1780 g/mol. The zero-order valence-corrected chi connectivity index (χ0v) is 92.2. The van der Waals surface area contributed by atoms with Crippen LogP contribution in [0.1, 0.15) is 350 Å². The van der Waals surface area contributed by atoms with Crippen LogP contribution in [-0.4, -0.2) is 0 Å². The van der Waals surface area contributed by atoms with Crippen molar-refractivity contribution in [2.45, 2.75) is 336 Å². The largest absolute Gasteiger partial charge is 0.0683 e. The Kier molecular flexibility index (Phi) is 58.6. The Balaban J connectivity index is 0.000000742. The van der Waals surface area contributed by atoms with Crippen LogP contribution >= 0.6 is 0 Å². The van der Waals surface area contributed by atoms with Crippen LogP contribution in [0.25, 0.3) is 77.9 Å². The van der Waals surface area contributed by atoms with Crippen LogP contribution in [0.3, 0.4) is 0 Å². The maximum Gasteiger partial charge on any atom is -0.00107 e. The summed E-state index contributed by atoms with van der Waals surface area (Å²) in [6.45, 7) is 86.5. The number of rotatable bonds is 0. The fourth-order valence-electron chi connectivity index (χ4n) is 17.6. The van der Waals surface area contributed by atoms with E-state index in [9.17, 15) is 0 Å². The first kappa shape index (κ1) is 120. The molecule has 0 spiro atoms. The van der Waals surface area contributed by atoms with Crippen molar-refractivity contribution in [1.82, 2.24) is 0 Å². The summed E-state index contributed by atoms with van der Waals surface area (Å²) < 4.78 is 0. The molecule has 14 aromatic carbocycles. The third kappa shape index (κ3) is 31.6. The van der Waals surface area contributed by atoms with Gasteiger partial charge in [-0.25, -0.2) is 0 Å². The summed E-state index contributed by atoms with van der Waals surface area (Å²) in [6, 6.07) is 93.9. The molecule has 0 saturated heterocycles. The van der Waals surface area contributed by atoms with Gasteiger partial charge in [0.25, 0.3) is 0 Å². The lowest BCUT2D eigenvalue weighted by Gasteiger charge is -2.07. The van der Waals surface area contributed by atoms with Crippen LogP contribution in [0.15, 0.2) is 255 Å². The van der Waals surface area contributed by atoms with Crippen LogP contribution in [-0.2, 0) is 44.9 Å². The van der Waals surface area contributed by atoms with Crippen molar-refractivity contribution in [3.05, 3.63) is 411 Å². The Morgan fingerprint density at radius 3 is 0.707 bits per heavy atom. The number of aryl methyl sites for hydroxylation is 13. The van der Waals surface area contributed by atoms with Crippen molar-refractivity contribution in [2.75, 3.05) is 0 Å². The first-order chi connectivity index (χ1) is 64.8. The topological polar surface area (TPSA) is 0 Å². The summed E-state index contributed by atoms with van der Waals surface area (Å²) in [5.41, 5.74) is 60.3. The van der Waals surface area contributed by atoms with Crippen molar-refractivity contribution in [2.24, 2.45) is 0 Å². The summed E-state index contributed by atoms with van der Waals surface area (Å²) in [4.78, 5) is 0. The lowest BCUT2D eigenvalue weighted by molar-refractivity contribution is 1.19. The van der Waals surface area contributed by atoms with Gasteiger partial charge < -0.3 is 0 Å². The van der Waals surface area contributed by atoms with Crippen LogP contribution in [0.2, 0.25) is 0 Å². The highest BCUT2D eigenvalue weighted by Gasteiger charge is 2.26. The third-order valence-corrected chi connectivity index (χ3v) is 23.0. The molecule has 0 unspecified atom stereocenters. The van der Waals surface area contributed by atoms with Crippen molar-refractivity contribution in [3.63, 3.8) is 0 Å². The lowest BCUT2D eigenvalue weighted by Crippen LogP contribution is -1.89. The molecule has 21 rings (SSSR count). The molecule has 0 aliphatic heterocycles. The first-order valence-corrected chi connectivity index (χ1v) is 52.1. The first-order valence-electron chi connectivity index (χ1n) is 52.1. The molecular weight excluding hydrogens is 1600 g/mol. The molecule has 7 aliphatic carbocycles. The highest BCUT2D eigenvalue weighted by molar-refractivity contribution is 5.85. The van der Waals surface area contributed by atoms with E-state index in [4.69, 9.17) is 0 Å². The van der Waals surface area contributed by atoms with E-state index in [2.05, 4.69) is 352 Å². The minimum Gasteiger partial charge on any atom is -0.0683 e. The Hall–Kier alpha value is -10.9. The van der Waals surface area contributed by atoms with E-state index in [1.807, 2.05) is 194 Å². The third-order valence-electron chi connectivity index (χ3n) is 23.0. The second-order valence-corrected chi connectivity index (χ2v) is 31.1. The zero-order chi connectivity index (χ0) is 101. The van der Waals surface area contributed by atoms with Crippen LogP contribution < -0.4 is 0 Å². The van der Waals surface area contributed by atoms with E-state index >= 15 is 0 Å². The zero-order valence-electron chi connectivity index (χ0n) is 92.2. The summed E-state index contributed by atoms with van der Waals surface area (Å²) in [7, 11) is 0. The van der Waals surface area contributed by atoms with Crippen LogP contribution in [0, 0.1) is 96.9 Å². The quantitative estimate of drug-likeness (QED) is 0.142. The van der Waals surface area contributed by atoms with Gasteiger partial charge in [-0.15, -0.1) is 0 Å². The molecule has 0 fully saturated rings. The van der Waals surface area contributed by atoms with E-state index in [-0.39, 0.29) is 0 Å². The van der Waals surface area contributed by atoms with E-state index < -0.39 is 0 Å². The second kappa shape index (κ2) is 64.8. The second-order valence-electron chi connectivity index (χ2n) is 31.1. The van der Waals surface area contributed by atoms with Crippen molar-refractivity contribution in [1.29, 1.82) is 0 Å². The number of hydrogen-bond donors (Lipinski definition) is 0. The maximum absolute atomic E-state index is 2.31. The Bertz CT molecular complexity index is 5590. The molecule has 0 bridgehead atoms. The molecule has 0 heteroatoms. The molecule has 0 amide bonds. The van der Waals surface area contributed by atoms with Gasteiger partial charge in [-0.05, 0) is 331 Å². The van der Waals surface area contributed by atoms with Crippen molar-refractivity contribution < 1.29 is 0 Å². The molecule has 0 N–H and O–H groups in total. The number of fused-ring (bicyclic) bond motifs is 21. The van der Waals surface area contributed by atoms with E-state index in [1.54, 1.807) is 0 Å². The van der Waals surface area contributed by atoms with Crippen molar-refractivity contribution >= 4 is 0 Å². The van der Waals surface area contributed by atoms with Gasteiger partial charge in [0.05, 0.1) is 0 Å². The Labute approximate surface area is 818 Å². The van der Waals surface area contributed by atoms with E-state index in [0.717, 1.165) is 44.9 Å². The molecule has 0 nitrogen and oxygen atoms in total. The maximum atomic E-state index is 2.31. The fourth-order valence-corrected chi connectivity index (χ4v) is 17.6. The van der Waals surface area contributed by atoms with Gasteiger partial charge in [0.15, 0.2) is 0 Å². The summed E-state index contributed by atoms with van der Waals surface area (Å²) in [5, 5.41) is 0. The van der Waals surface area contributed by atoms with E-state index in [0.29, 0.717) is 0 Å². The van der Waals surface area contributed by atoms with Gasteiger partial charge in [0, 0.05) is 0 Å². The molecular formula is C133H182. The van der Waals surface area contributed by atoms with Gasteiger partial charge in [-0.2, -0.15) is 0 Å². The van der Waals surface area contributed by atoms with Gasteiger partial charge in [-0.1, -0.05) is 493 Å². The van der Waals surface area contributed by atoms with Gasteiger partial charge in [0.2, 0.25) is 0 Å². The molecule has 0 atom stereocenters. The van der Waals surface area contributed by atoms with Gasteiger partial charge in [0.1, 0.15) is 0 Å². The van der Waals surface area contributed by atoms with Crippen molar-refractivity contribution in [3.8, 4) is 77.9 Å². The lowest BCUT2D eigenvalue weighted by atomic mass is 9.97. The number of benzene rings is 14. The fraction of sp³-hybridized carbons (Fsp3) is 0.368. The van der Waals surface area contributed by atoms with E-state index in [1.165, 1.54) is 234 Å². The molecule has 0 radical (unpaired) electrons. The minimum atomic E-state index is 1.10. The molecule has 0 aromatic heterocycles. The standard InChI is InChI=1S/7C15H14.14C2H6/c1-10-4-6-14-13(7-10)9-12-5-3-11(2)8-15(12)14;1-10-3-5-14-12(7-10)9-13-8-11(2)4-6-15(13)14;1-10-3-5-12-9-13-6-4-11(2)8-15(13)14(12)7-10;1-10-5-3-7-12-9-13-8-4-6-11(2)15(13)14(10)12;1-10-6-7-12-9-13-5-3-4-11(2)15(13)14(12)8-10;1-10-6-7-14-13(8-10)9-12-5-3-4-11(2)15(12)14;1-10-7-8-14-13-6-4-3-5-12(13)9-15(14)11(10)2;14*1-2/h7*3-8H,9H2,1-2H3;14*1-2H3. The SMILES string of the molecule is CC.CC.CC.CC.CC.CC.CC.CC.CC.CC.CC.CC.CC.CC.Cc1ccc2c(c1)-c1c(C)cccc1C2.Cc1ccc2c(c1)-c1cc(C)ccc1C2.Cc1ccc2c(c1)Cc1cc(C)ccc1-2.Cc1ccc2c(c1)Cc1ccc(C)cc1-2.Cc1ccc2c(c1)Cc1cccc(C)c1-2.Cc1ccc2c(c1C)Cc1ccccc1-2.Cc1cccc2c1-c1c(C)cccc1C2. The highest BCUT2D eigenvalue weighted by atomic mass is 14.3. The van der Waals surface area contributed by atoms with Gasteiger partial charge >= 0.3 is 0 Å². The number of hydrogen-bond acceptors (Lipinski definition) is 0. The van der Waals surface area contributed by atoms with Crippen LogP contribution in [0.4, 0.5) is 0 Å². The smallest absolute Gasteiger partial charge is 0.00107 e. The summed E-state index contributed by atoms with van der Waals surface area (Å²) >= 11 is 0. The average Bonchev–Trinajstić information content (AvgIpc) is 1.64. The predicted molar refractivity (Wildman–Crippen MR) is 608 cm³/mol.